The fourth-order valence-corrected chi connectivity index (χ4v) is 11.1. The summed E-state index contributed by atoms with van der Waals surface area (Å²) in [6.07, 6.45) is -0.318. The number of rotatable bonds is 55. The summed E-state index contributed by atoms with van der Waals surface area (Å²) < 4.78 is 0. The van der Waals surface area contributed by atoms with Crippen molar-refractivity contribution in [2.75, 3.05) is 32.8 Å². The normalized spacial score (nSPS) is 15.0. The van der Waals surface area contributed by atoms with Gasteiger partial charge in [-0.3, -0.25) is 81.9 Å². The van der Waals surface area contributed by atoms with Gasteiger partial charge in [0.05, 0.1) is 25.6 Å². The first-order chi connectivity index (χ1) is 51.7. The summed E-state index contributed by atoms with van der Waals surface area (Å²) in [5.74, 6) is -16.8. The molecule has 0 bridgehead atoms. The highest BCUT2D eigenvalue weighted by atomic mass is 16.4. The highest BCUT2D eigenvalue weighted by Crippen LogP contribution is 2.16. The molecule has 14 atom stereocenters. The van der Waals surface area contributed by atoms with E-state index in [9.17, 15) is 82.1 Å². The van der Waals surface area contributed by atoms with E-state index < -0.39 is 205 Å². The number of carboxylic acid groups (broad SMARTS) is 1. The third-order valence-electron chi connectivity index (χ3n) is 17.6. The molecule has 0 saturated carbocycles. The van der Waals surface area contributed by atoms with Crippen LogP contribution in [-0.2, 0) is 78.3 Å². The van der Waals surface area contributed by atoms with E-state index >= 15 is 0 Å². The van der Waals surface area contributed by atoms with Gasteiger partial charge in [-0.1, -0.05) is 112 Å². The number of carboxylic acids is 1. The molecule has 110 heavy (non-hydrogen) atoms. The number of unbranched alkanes of at least 4 members (excludes halogenated alkanes) is 1. The van der Waals surface area contributed by atoms with Crippen molar-refractivity contribution in [3.05, 3.63) is 35.9 Å². The fraction of sp³-hybridized carbons (Fsp3) is 0.676. The standard InChI is InChI=1S/C71H124N22O17/c1-11-40(9)56(93-62(103)44(23-16-17-27-72)86-69(110)57(41(10)12-2)92-59(100)43(73)22-18-28-80-70(76)77)68(109)82-35-54(96)83-48(31-38(5)6)63(104)89-50(33-42-20-14-13-15-21-42)65(106)90-51(34-55(97)98)66(107)85-46(25-26-53(74)95)61(102)88-49(32-39(7)8)64(105)91-52(36-94)67(108)84-45(24-19-29-81-71(78)79)60(101)87-47(58(75)99)30-37(3)4/h13-15,20-21,37-41,43-52,56-57,94H,11-12,16-19,22-36,72-73H2,1-10H3,(H2,74,95)(H2,75,99)(H,82,109)(H,83,96)(H,84,108)(H,85,107)(H,86,110)(H,87,101)(H,88,102)(H,89,104)(H,90,106)(H,91,105)(H,92,100)(H,93,103)(H,97,98)(H4,76,77,80)(H4,78,79,81)/t40-,41-,43-,44-,45+,46+,47+,48+,49+,50+,51+,52+,56-,57-/m0/s1. The second kappa shape index (κ2) is 51.9. The maximum Gasteiger partial charge on any atom is 0.305 e. The second-order valence-electron chi connectivity index (χ2n) is 28.6. The Bertz CT molecular complexity index is 3240. The van der Waals surface area contributed by atoms with E-state index in [0.717, 1.165) is 0 Å². The average molecular weight is 1560 g/mol. The Labute approximate surface area is 642 Å². The van der Waals surface area contributed by atoms with Crippen LogP contribution in [0.5, 0.6) is 0 Å². The van der Waals surface area contributed by atoms with Gasteiger partial charge in [0.1, 0.15) is 66.5 Å². The lowest BCUT2D eigenvalue weighted by atomic mass is 9.96. The average Bonchev–Trinajstić information content (AvgIpc) is 0.845. The molecule has 0 aliphatic rings. The van der Waals surface area contributed by atoms with E-state index in [-0.39, 0.29) is 101 Å². The van der Waals surface area contributed by atoms with Crippen LogP contribution in [0, 0.1) is 29.6 Å². The monoisotopic (exact) mass is 1560 g/mol. The third-order valence-corrected chi connectivity index (χ3v) is 17.6. The minimum absolute atomic E-state index is 0.0173. The maximum absolute atomic E-state index is 14.6. The second-order valence-corrected chi connectivity index (χ2v) is 28.6. The number of hydrogen-bond donors (Lipinski definition) is 22. The quantitative estimate of drug-likeness (QED) is 0.0165. The molecule has 0 aromatic heterocycles. The lowest BCUT2D eigenvalue weighted by Gasteiger charge is -2.29. The molecule has 39 nitrogen and oxygen atoms in total. The number of benzene rings is 1. The van der Waals surface area contributed by atoms with E-state index in [1.54, 1.807) is 92.6 Å². The van der Waals surface area contributed by atoms with Gasteiger partial charge in [-0.15, -0.1) is 0 Å². The predicted octanol–water partition coefficient (Wildman–Crippen LogP) is -5.31. The first-order valence-electron chi connectivity index (χ1n) is 37.3. The molecule has 0 unspecified atom stereocenters. The number of nitrogens with zero attached hydrogens (tertiary/aromatic N) is 2. The number of hydrogen-bond acceptors (Lipinski definition) is 20. The molecule has 620 valence electrons. The predicted molar refractivity (Wildman–Crippen MR) is 409 cm³/mol. The number of primary amides is 2. The number of carbonyl (C=O) groups is 15. The van der Waals surface area contributed by atoms with E-state index in [1.165, 1.54) is 0 Å². The van der Waals surface area contributed by atoms with Crippen molar-refractivity contribution in [3.63, 3.8) is 0 Å². The minimum atomic E-state index is -2.03. The molecule has 1 aromatic rings. The Hall–Kier alpha value is -10.3. The Morgan fingerprint density at radius 1 is 0.427 bits per heavy atom. The molecule has 0 saturated heterocycles. The van der Waals surface area contributed by atoms with E-state index in [0.29, 0.717) is 37.7 Å². The van der Waals surface area contributed by atoms with Crippen LogP contribution in [0.3, 0.4) is 0 Å². The van der Waals surface area contributed by atoms with Crippen LogP contribution in [0.15, 0.2) is 40.3 Å². The van der Waals surface area contributed by atoms with Gasteiger partial charge in [0.25, 0.3) is 0 Å². The number of aliphatic hydroxyl groups excluding tert-OH is 1. The van der Waals surface area contributed by atoms with Gasteiger partial charge < -0.3 is 120 Å². The number of carbonyl (C=O) groups excluding carboxylic acids is 14. The number of nitrogens with one attached hydrogen (secondary N) is 12. The first-order valence-corrected chi connectivity index (χ1v) is 37.3. The van der Waals surface area contributed by atoms with Crippen molar-refractivity contribution in [2.45, 2.75) is 244 Å². The van der Waals surface area contributed by atoms with Crippen LogP contribution in [0.25, 0.3) is 0 Å². The molecular weight excluding hydrogens is 1430 g/mol. The number of aliphatic carboxylic acids is 1. The molecule has 0 radical (unpaired) electrons. The number of aliphatic imine (C=N–C) groups is 2. The van der Waals surface area contributed by atoms with Crippen LogP contribution >= 0.6 is 0 Å². The van der Waals surface area contributed by atoms with Crippen molar-refractivity contribution in [3.8, 4) is 0 Å². The van der Waals surface area contributed by atoms with E-state index in [2.05, 4.69) is 73.8 Å². The molecule has 1 rings (SSSR count). The smallest absolute Gasteiger partial charge is 0.305 e. The van der Waals surface area contributed by atoms with Gasteiger partial charge in [-0.2, -0.15) is 0 Å². The molecular formula is C71H124N22O17. The Kier molecular flexibility index (Phi) is 46.1. The van der Waals surface area contributed by atoms with E-state index in [4.69, 9.17) is 45.9 Å². The lowest BCUT2D eigenvalue weighted by molar-refractivity contribution is -0.141. The van der Waals surface area contributed by atoms with E-state index in [1.807, 2.05) is 6.92 Å². The largest absolute Gasteiger partial charge is 0.481 e. The summed E-state index contributed by atoms with van der Waals surface area (Å²) in [4.78, 5) is 214. The number of guanidine groups is 2. The third kappa shape index (κ3) is 39.2. The Morgan fingerprint density at radius 2 is 0.818 bits per heavy atom. The van der Waals surface area contributed by atoms with Crippen LogP contribution in [0.1, 0.15) is 171 Å². The SMILES string of the molecule is CC[C@H](C)[C@H](NC(=O)[C@H](CCCCN)NC(=O)[C@@H](NC(=O)[C@@H](N)CCCN=C(N)N)[C@@H](C)CC)C(=O)NCC(=O)N[C@H](CC(C)C)C(=O)N[C@H](Cc1ccccc1)C(=O)N[C@H](CC(=O)O)C(=O)N[C@H](CCC(N)=O)C(=O)N[C@H](CC(C)C)C(=O)N[C@H](CO)C(=O)N[C@H](CCCN=C(N)N)C(=O)N[C@H](CC(C)C)C(N)=O. The fourth-order valence-electron chi connectivity index (χ4n) is 11.1. The number of aliphatic hydroxyl groups is 1. The summed E-state index contributed by atoms with van der Waals surface area (Å²) in [7, 11) is 0. The van der Waals surface area contributed by atoms with Crippen molar-refractivity contribution in [2.24, 2.45) is 85.4 Å². The van der Waals surface area contributed by atoms with Crippen LogP contribution < -0.4 is 110 Å². The van der Waals surface area contributed by atoms with Crippen LogP contribution in [0.4, 0.5) is 0 Å². The Balaban J connectivity index is 3.60. The van der Waals surface area contributed by atoms with Gasteiger partial charge in [-0.05, 0) is 112 Å². The zero-order chi connectivity index (χ0) is 83.5. The molecule has 30 N–H and O–H groups in total. The topological polar surface area (TPSA) is 674 Å². The molecule has 0 aliphatic heterocycles. The summed E-state index contributed by atoms with van der Waals surface area (Å²) in [6.45, 7) is 16.1. The van der Waals surface area contributed by atoms with Crippen LogP contribution in [-0.4, -0.2) is 216 Å². The molecule has 1 aromatic carbocycles. The van der Waals surface area contributed by atoms with Gasteiger partial charge in [0.15, 0.2) is 11.9 Å². The molecule has 0 aliphatic carbocycles. The summed E-state index contributed by atoms with van der Waals surface area (Å²) >= 11 is 0. The van der Waals surface area contributed by atoms with Crippen molar-refractivity contribution in [1.29, 1.82) is 0 Å². The molecule has 39 heteroatoms. The zero-order valence-corrected chi connectivity index (χ0v) is 65.1. The zero-order valence-electron chi connectivity index (χ0n) is 65.1. The molecule has 0 spiro atoms. The van der Waals surface area contributed by atoms with Gasteiger partial charge >= 0.3 is 5.97 Å². The summed E-state index contributed by atoms with van der Waals surface area (Å²) in [5, 5.41) is 50.9. The highest BCUT2D eigenvalue weighted by Gasteiger charge is 2.38. The summed E-state index contributed by atoms with van der Waals surface area (Å²) in [5.41, 5.74) is 45.1. The lowest BCUT2D eigenvalue weighted by Crippen LogP contribution is -2.61. The maximum atomic E-state index is 14.6. The van der Waals surface area contributed by atoms with Gasteiger partial charge in [0.2, 0.25) is 82.7 Å². The highest BCUT2D eigenvalue weighted by molar-refractivity contribution is 6.00. The van der Waals surface area contributed by atoms with Gasteiger partial charge in [0, 0.05) is 25.9 Å². The minimum Gasteiger partial charge on any atom is -0.481 e. The summed E-state index contributed by atoms with van der Waals surface area (Å²) in [6, 6.07) is -9.26. The first kappa shape index (κ1) is 97.7. The van der Waals surface area contributed by atoms with Gasteiger partial charge in [-0.25, -0.2) is 0 Å². The van der Waals surface area contributed by atoms with Crippen molar-refractivity contribution >= 4 is 101 Å². The number of nitrogens with two attached hydrogens (primary N) is 8. The molecule has 0 heterocycles. The molecule has 14 amide bonds. The Morgan fingerprint density at radius 3 is 1.30 bits per heavy atom. The number of amides is 14. The molecule has 0 fully saturated rings. The van der Waals surface area contributed by atoms with Crippen molar-refractivity contribution < 1.29 is 82.1 Å². The van der Waals surface area contributed by atoms with Crippen molar-refractivity contribution in [1.82, 2.24) is 63.8 Å². The van der Waals surface area contributed by atoms with Crippen LogP contribution in [0.2, 0.25) is 0 Å².